The minimum absolute atomic E-state index is 0.0538. The van der Waals surface area contributed by atoms with E-state index < -0.39 is 12.2 Å². The second-order valence-corrected chi connectivity index (χ2v) is 6.09. The second kappa shape index (κ2) is 6.14. The van der Waals surface area contributed by atoms with E-state index in [9.17, 15) is 18.3 Å². The molecule has 0 unspecified atom stereocenters. The zero-order chi connectivity index (χ0) is 15.8. The van der Waals surface area contributed by atoms with E-state index in [1.54, 1.807) is 13.8 Å². The molecule has 21 heavy (non-hydrogen) atoms. The van der Waals surface area contributed by atoms with Crippen molar-refractivity contribution in [2.75, 3.05) is 26.2 Å². The molecule has 1 saturated heterocycles. The van der Waals surface area contributed by atoms with Gasteiger partial charge in [0, 0.05) is 36.2 Å². The lowest BCUT2D eigenvalue weighted by Gasteiger charge is -2.37. The van der Waals surface area contributed by atoms with Gasteiger partial charge in [-0.25, -0.2) is 0 Å². The normalized spacial score (nSPS) is 18.8. The molecule has 118 valence electrons. The number of piperazine rings is 1. The van der Waals surface area contributed by atoms with Crippen LogP contribution in [0.3, 0.4) is 0 Å². The van der Waals surface area contributed by atoms with Crippen LogP contribution in [0.2, 0.25) is 0 Å². The molecule has 0 aromatic heterocycles. The minimum Gasteiger partial charge on any atom is -0.508 e. The summed E-state index contributed by atoms with van der Waals surface area (Å²) in [5.74, 6) is -0.297. The number of aryl methyl sites for hydroxylation is 1. The number of phenols is 1. The highest BCUT2D eigenvalue weighted by Crippen LogP contribution is 2.45. The van der Waals surface area contributed by atoms with Crippen molar-refractivity contribution >= 4 is 15.9 Å². The third-order valence-corrected chi connectivity index (χ3v) is 5.03. The van der Waals surface area contributed by atoms with Gasteiger partial charge in [0.2, 0.25) is 0 Å². The summed E-state index contributed by atoms with van der Waals surface area (Å²) < 4.78 is 41.4. The molecule has 1 aromatic rings. The van der Waals surface area contributed by atoms with Gasteiger partial charge in [-0.1, -0.05) is 15.9 Å². The molecule has 0 amide bonds. The molecule has 1 fully saturated rings. The molecule has 1 atom stereocenters. The number of halogens is 4. The van der Waals surface area contributed by atoms with Gasteiger partial charge in [0.1, 0.15) is 11.8 Å². The molecule has 2 N–H and O–H groups in total. The predicted molar refractivity (Wildman–Crippen MR) is 78.5 cm³/mol. The maximum Gasteiger partial charge on any atom is 0.408 e. The first kappa shape index (κ1) is 16.6. The quantitative estimate of drug-likeness (QED) is 0.842. The highest BCUT2D eigenvalue weighted by atomic mass is 79.9. The molecule has 1 aromatic carbocycles. The van der Waals surface area contributed by atoms with Gasteiger partial charge in [0.25, 0.3) is 0 Å². The number of hydrogen-bond donors (Lipinski definition) is 2. The van der Waals surface area contributed by atoms with Crippen LogP contribution >= 0.6 is 15.9 Å². The Morgan fingerprint density at radius 2 is 1.86 bits per heavy atom. The molecule has 0 spiro atoms. The Labute approximate surface area is 130 Å². The van der Waals surface area contributed by atoms with Crippen molar-refractivity contribution in [2.45, 2.75) is 26.1 Å². The van der Waals surface area contributed by atoms with Crippen LogP contribution in [0.15, 0.2) is 10.5 Å². The fourth-order valence-corrected chi connectivity index (χ4v) is 3.12. The van der Waals surface area contributed by atoms with E-state index in [-0.39, 0.29) is 11.3 Å². The first-order valence-corrected chi connectivity index (χ1v) is 7.52. The molecule has 1 heterocycles. The van der Waals surface area contributed by atoms with Crippen molar-refractivity contribution in [3.05, 3.63) is 27.2 Å². The van der Waals surface area contributed by atoms with Crippen molar-refractivity contribution in [1.29, 1.82) is 0 Å². The molecular formula is C14H18BrF3N2O. The number of benzene rings is 1. The Morgan fingerprint density at radius 3 is 2.38 bits per heavy atom. The van der Waals surface area contributed by atoms with Gasteiger partial charge in [0.05, 0.1) is 0 Å². The number of aromatic hydroxyl groups is 1. The summed E-state index contributed by atoms with van der Waals surface area (Å²) in [7, 11) is 0. The number of nitrogens with one attached hydrogen (secondary N) is 1. The maximum atomic E-state index is 13.6. The number of phenolic OH excluding ortho intramolecular Hbond substituents is 1. The molecule has 2 rings (SSSR count). The van der Waals surface area contributed by atoms with Crippen LogP contribution in [-0.2, 0) is 0 Å². The number of hydrogen-bond acceptors (Lipinski definition) is 3. The van der Waals surface area contributed by atoms with Crippen LogP contribution < -0.4 is 5.32 Å². The minimum atomic E-state index is -4.44. The maximum absolute atomic E-state index is 13.6. The van der Waals surface area contributed by atoms with Gasteiger partial charge in [-0.15, -0.1) is 0 Å². The van der Waals surface area contributed by atoms with Gasteiger partial charge in [0.15, 0.2) is 0 Å². The number of alkyl halides is 3. The van der Waals surface area contributed by atoms with Crippen LogP contribution in [0.25, 0.3) is 0 Å². The van der Waals surface area contributed by atoms with E-state index in [2.05, 4.69) is 21.2 Å². The largest absolute Gasteiger partial charge is 0.508 e. The van der Waals surface area contributed by atoms with Gasteiger partial charge < -0.3 is 10.4 Å². The van der Waals surface area contributed by atoms with Gasteiger partial charge in [-0.2, -0.15) is 13.2 Å². The molecule has 1 aliphatic heterocycles. The molecule has 0 saturated carbocycles. The van der Waals surface area contributed by atoms with E-state index in [1.807, 2.05) is 0 Å². The molecular weight excluding hydrogens is 349 g/mol. The smallest absolute Gasteiger partial charge is 0.408 e. The van der Waals surface area contributed by atoms with Crippen LogP contribution in [-0.4, -0.2) is 42.4 Å². The first-order chi connectivity index (χ1) is 9.73. The van der Waals surface area contributed by atoms with E-state index in [0.717, 1.165) is 5.56 Å². The zero-order valence-corrected chi connectivity index (χ0v) is 13.5. The van der Waals surface area contributed by atoms with Crippen molar-refractivity contribution in [2.24, 2.45) is 0 Å². The SMILES string of the molecule is Cc1cc(O)c([C@@H](N2CCNCC2)C(F)(F)F)c(C)c1Br. The molecule has 1 aliphatic rings. The monoisotopic (exact) mass is 366 g/mol. The summed E-state index contributed by atoms with van der Waals surface area (Å²) in [6.45, 7) is 4.98. The molecule has 3 nitrogen and oxygen atoms in total. The van der Waals surface area contributed by atoms with Gasteiger partial charge in [-0.05, 0) is 31.0 Å². The van der Waals surface area contributed by atoms with E-state index in [1.165, 1.54) is 11.0 Å². The fourth-order valence-electron chi connectivity index (χ4n) is 2.79. The lowest BCUT2D eigenvalue weighted by Crippen LogP contribution is -2.49. The third kappa shape index (κ3) is 3.35. The zero-order valence-electron chi connectivity index (χ0n) is 11.9. The Kier molecular flexibility index (Phi) is 4.85. The highest BCUT2D eigenvalue weighted by Gasteiger charge is 2.47. The molecule has 0 radical (unpaired) electrons. The lowest BCUT2D eigenvalue weighted by molar-refractivity contribution is -0.188. The molecule has 0 bridgehead atoms. The summed E-state index contributed by atoms with van der Waals surface area (Å²) in [5.41, 5.74) is 1.10. The standard InChI is InChI=1S/C14H18BrF3N2O/c1-8-7-10(21)11(9(2)12(8)15)13(14(16,17)18)20-5-3-19-4-6-20/h7,13,19,21H,3-6H2,1-2H3/t13-/m1/s1. The molecule has 0 aliphatic carbocycles. The van der Waals surface area contributed by atoms with Gasteiger partial charge in [-0.3, -0.25) is 4.90 Å². The van der Waals surface area contributed by atoms with Gasteiger partial charge >= 0.3 is 6.18 Å². The second-order valence-electron chi connectivity index (χ2n) is 5.30. The number of nitrogens with zero attached hydrogens (tertiary/aromatic N) is 1. The summed E-state index contributed by atoms with van der Waals surface area (Å²) in [4.78, 5) is 1.38. The Hall–Kier alpha value is -0.790. The Balaban J connectivity index is 2.54. The summed E-state index contributed by atoms with van der Waals surface area (Å²) >= 11 is 3.31. The summed E-state index contributed by atoms with van der Waals surface area (Å²) in [5, 5.41) is 13.1. The topological polar surface area (TPSA) is 35.5 Å². The first-order valence-electron chi connectivity index (χ1n) is 6.73. The van der Waals surface area contributed by atoms with Crippen LogP contribution in [0.4, 0.5) is 13.2 Å². The highest BCUT2D eigenvalue weighted by molar-refractivity contribution is 9.10. The van der Waals surface area contributed by atoms with Crippen LogP contribution in [0, 0.1) is 13.8 Å². The Morgan fingerprint density at radius 1 is 1.29 bits per heavy atom. The van der Waals surface area contributed by atoms with E-state index in [4.69, 9.17) is 0 Å². The van der Waals surface area contributed by atoms with Crippen LogP contribution in [0.1, 0.15) is 22.7 Å². The van der Waals surface area contributed by atoms with Crippen molar-refractivity contribution < 1.29 is 18.3 Å². The summed E-state index contributed by atoms with van der Waals surface area (Å²) in [6.07, 6.45) is -4.44. The van der Waals surface area contributed by atoms with E-state index in [0.29, 0.717) is 36.2 Å². The predicted octanol–water partition coefficient (Wildman–Crippen LogP) is 3.28. The fraction of sp³-hybridized carbons (Fsp3) is 0.571. The van der Waals surface area contributed by atoms with Crippen molar-refractivity contribution in [3.8, 4) is 5.75 Å². The average molecular weight is 367 g/mol. The third-order valence-electron chi connectivity index (χ3n) is 3.81. The number of rotatable bonds is 2. The van der Waals surface area contributed by atoms with Crippen LogP contribution in [0.5, 0.6) is 5.75 Å². The lowest BCUT2D eigenvalue weighted by atomic mass is 9.95. The molecule has 7 heteroatoms. The van der Waals surface area contributed by atoms with E-state index >= 15 is 0 Å². The van der Waals surface area contributed by atoms with Crippen molar-refractivity contribution in [1.82, 2.24) is 10.2 Å². The Bertz CT molecular complexity index is 528. The van der Waals surface area contributed by atoms with Crippen molar-refractivity contribution in [3.63, 3.8) is 0 Å². The average Bonchev–Trinajstić information content (AvgIpc) is 2.40. The summed E-state index contributed by atoms with van der Waals surface area (Å²) in [6, 6.07) is -0.399.